The molecule has 0 unspecified atom stereocenters. The van der Waals surface area contributed by atoms with E-state index in [2.05, 4.69) is 15.0 Å². The summed E-state index contributed by atoms with van der Waals surface area (Å²) in [4.78, 5) is 22.9. The predicted octanol–water partition coefficient (Wildman–Crippen LogP) is 5.02. The Kier molecular flexibility index (Phi) is 5.87. The zero-order valence-electron chi connectivity index (χ0n) is 19.0. The number of hydrogen-bond acceptors (Lipinski definition) is 7. The zero-order valence-corrected chi connectivity index (χ0v) is 19.0. The van der Waals surface area contributed by atoms with Gasteiger partial charge >= 0.3 is 0 Å². The highest BCUT2D eigenvalue weighted by Gasteiger charge is 2.30. The van der Waals surface area contributed by atoms with E-state index in [1.807, 2.05) is 26.0 Å². The first-order valence-electron chi connectivity index (χ1n) is 11.0. The smallest absolute Gasteiger partial charge is 0.218 e. The summed E-state index contributed by atoms with van der Waals surface area (Å²) in [6, 6.07) is 7.20. The standard InChI is InChI=1S/C25H23F2N5O2/c1-13-14(2)30-24-22(29-13)21(17-7-6-16(26)12-19(17)27)31-23(32-24)15-8-10-34-20(11-15)18-5-4-9-28-25(18)33-3/h4-7,9,12,15,20H,8,10-11H2,1-3H3/t15-,20-/m0/s1. The Morgan fingerprint density at radius 1 is 1.03 bits per heavy atom. The fourth-order valence-corrected chi connectivity index (χ4v) is 4.25. The summed E-state index contributed by atoms with van der Waals surface area (Å²) < 4.78 is 39.8. The maximum absolute atomic E-state index is 14.8. The van der Waals surface area contributed by atoms with Gasteiger partial charge in [-0.1, -0.05) is 0 Å². The van der Waals surface area contributed by atoms with Crippen LogP contribution in [0.3, 0.4) is 0 Å². The van der Waals surface area contributed by atoms with E-state index < -0.39 is 11.6 Å². The van der Waals surface area contributed by atoms with Crippen LogP contribution in [0, 0.1) is 25.5 Å². The molecule has 3 aromatic heterocycles. The number of nitrogens with zero attached hydrogens (tertiary/aromatic N) is 5. The van der Waals surface area contributed by atoms with Crippen LogP contribution in [0.2, 0.25) is 0 Å². The van der Waals surface area contributed by atoms with Crippen LogP contribution in [-0.2, 0) is 4.74 Å². The Bertz CT molecular complexity index is 1380. The molecule has 1 fully saturated rings. The fourth-order valence-electron chi connectivity index (χ4n) is 4.25. The third-order valence-electron chi connectivity index (χ3n) is 6.14. The number of methoxy groups -OCH3 is 1. The summed E-state index contributed by atoms with van der Waals surface area (Å²) in [5.41, 5.74) is 3.51. The molecule has 2 atom stereocenters. The Labute approximate surface area is 195 Å². The molecule has 0 radical (unpaired) electrons. The van der Waals surface area contributed by atoms with Crippen LogP contribution < -0.4 is 4.74 Å². The van der Waals surface area contributed by atoms with Crippen molar-refractivity contribution in [1.82, 2.24) is 24.9 Å². The molecule has 1 aliphatic rings. The van der Waals surface area contributed by atoms with Gasteiger partial charge in [0.2, 0.25) is 5.88 Å². The zero-order chi connectivity index (χ0) is 23.8. The van der Waals surface area contributed by atoms with Gasteiger partial charge in [0.15, 0.2) is 5.65 Å². The Hall–Kier alpha value is -3.59. The van der Waals surface area contributed by atoms with Gasteiger partial charge in [0.05, 0.1) is 24.6 Å². The van der Waals surface area contributed by atoms with Crippen molar-refractivity contribution in [3.63, 3.8) is 0 Å². The van der Waals surface area contributed by atoms with Crippen molar-refractivity contribution in [2.75, 3.05) is 13.7 Å². The van der Waals surface area contributed by atoms with Crippen molar-refractivity contribution in [2.45, 2.75) is 38.7 Å². The molecular weight excluding hydrogens is 440 g/mol. The van der Waals surface area contributed by atoms with E-state index in [1.165, 1.54) is 12.1 Å². The van der Waals surface area contributed by atoms with Crippen molar-refractivity contribution in [3.8, 4) is 17.1 Å². The number of fused-ring (bicyclic) bond motifs is 1. The molecule has 0 spiro atoms. The van der Waals surface area contributed by atoms with Crippen LogP contribution in [0.25, 0.3) is 22.4 Å². The van der Waals surface area contributed by atoms with E-state index >= 15 is 0 Å². The molecule has 0 N–H and O–H groups in total. The molecule has 1 saturated heterocycles. The van der Waals surface area contributed by atoms with E-state index in [0.29, 0.717) is 53.7 Å². The molecule has 0 aliphatic carbocycles. The number of aryl methyl sites for hydroxylation is 2. The molecule has 0 saturated carbocycles. The van der Waals surface area contributed by atoms with Crippen LogP contribution in [0.4, 0.5) is 8.78 Å². The monoisotopic (exact) mass is 463 g/mol. The Balaban J connectivity index is 1.61. The minimum absolute atomic E-state index is 0.0706. The predicted molar refractivity (Wildman–Crippen MR) is 121 cm³/mol. The third kappa shape index (κ3) is 4.07. The average Bonchev–Trinajstić information content (AvgIpc) is 2.84. The van der Waals surface area contributed by atoms with Crippen molar-refractivity contribution < 1.29 is 18.3 Å². The van der Waals surface area contributed by atoms with Gasteiger partial charge in [-0.15, -0.1) is 0 Å². The van der Waals surface area contributed by atoms with Crippen LogP contribution in [-0.4, -0.2) is 38.6 Å². The third-order valence-corrected chi connectivity index (χ3v) is 6.14. The number of rotatable bonds is 4. The van der Waals surface area contributed by atoms with Crippen LogP contribution in [0.5, 0.6) is 5.88 Å². The van der Waals surface area contributed by atoms with Gasteiger partial charge in [-0.3, -0.25) is 0 Å². The number of pyridine rings is 1. The van der Waals surface area contributed by atoms with Gasteiger partial charge in [0.1, 0.15) is 28.7 Å². The molecule has 4 heterocycles. The number of hydrogen-bond donors (Lipinski definition) is 0. The van der Waals surface area contributed by atoms with E-state index in [1.54, 1.807) is 13.3 Å². The molecule has 1 aliphatic heterocycles. The normalized spacial score (nSPS) is 18.3. The molecule has 174 valence electrons. The highest BCUT2D eigenvalue weighted by molar-refractivity contribution is 5.87. The summed E-state index contributed by atoms with van der Waals surface area (Å²) in [7, 11) is 1.57. The second kappa shape index (κ2) is 8.98. The minimum atomic E-state index is -0.712. The first-order valence-corrected chi connectivity index (χ1v) is 11.0. The summed E-state index contributed by atoms with van der Waals surface area (Å²) in [5.74, 6) is -0.399. The molecule has 9 heteroatoms. The molecule has 34 heavy (non-hydrogen) atoms. The second-order valence-corrected chi connectivity index (χ2v) is 8.30. The van der Waals surface area contributed by atoms with Gasteiger partial charge < -0.3 is 9.47 Å². The molecule has 4 aromatic rings. The van der Waals surface area contributed by atoms with Gasteiger partial charge in [-0.25, -0.2) is 33.7 Å². The summed E-state index contributed by atoms with van der Waals surface area (Å²) in [6.45, 7) is 4.17. The summed E-state index contributed by atoms with van der Waals surface area (Å²) >= 11 is 0. The molecule has 7 nitrogen and oxygen atoms in total. The number of halogens is 2. The Morgan fingerprint density at radius 3 is 2.65 bits per heavy atom. The number of aromatic nitrogens is 5. The second-order valence-electron chi connectivity index (χ2n) is 8.30. The molecule has 0 amide bonds. The number of ether oxygens (including phenoxy) is 2. The molecule has 1 aromatic carbocycles. The van der Waals surface area contributed by atoms with Crippen LogP contribution in [0.1, 0.15) is 47.6 Å². The van der Waals surface area contributed by atoms with Crippen molar-refractivity contribution >= 4 is 11.2 Å². The van der Waals surface area contributed by atoms with Crippen molar-refractivity contribution in [3.05, 3.63) is 70.9 Å². The first-order chi connectivity index (χ1) is 16.4. The van der Waals surface area contributed by atoms with Crippen molar-refractivity contribution in [1.29, 1.82) is 0 Å². The lowest BCUT2D eigenvalue weighted by molar-refractivity contribution is 0.00243. The highest BCUT2D eigenvalue weighted by Crippen LogP contribution is 2.40. The fraction of sp³-hybridized carbons (Fsp3) is 0.320. The topological polar surface area (TPSA) is 82.9 Å². The van der Waals surface area contributed by atoms with E-state index in [9.17, 15) is 8.78 Å². The largest absolute Gasteiger partial charge is 0.481 e. The lowest BCUT2D eigenvalue weighted by atomic mass is 9.91. The maximum atomic E-state index is 14.8. The number of benzene rings is 1. The quantitative estimate of drug-likeness (QED) is 0.420. The molecule has 5 rings (SSSR count). The molecular formula is C25H23F2N5O2. The van der Waals surface area contributed by atoms with E-state index in [4.69, 9.17) is 19.4 Å². The highest BCUT2D eigenvalue weighted by atomic mass is 19.1. The minimum Gasteiger partial charge on any atom is -0.481 e. The molecule has 0 bridgehead atoms. The Morgan fingerprint density at radius 2 is 1.85 bits per heavy atom. The van der Waals surface area contributed by atoms with Gasteiger partial charge in [-0.05, 0) is 51.0 Å². The lowest BCUT2D eigenvalue weighted by Gasteiger charge is -2.29. The van der Waals surface area contributed by atoms with Gasteiger partial charge in [-0.2, -0.15) is 0 Å². The first kappa shape index (κ1) is 22.2. The van der Waals surface area contributed by atoms with Gasteiger partial charge in [0.25, 0.3) is 0 Å². The van der Waals surface area contributed by atoms with E-state index in [0.717, 1.165) is 17.3 Å². The SMILES string of the molecule is COc1ncccc1[C@@H]1C[C@@H](c2nc(-c3ccc(F)cc3F)c3nc(C)c(C)nc3n2)CCO1. The van der Waals surface area contributed by atoms with E-state index in [-0.39, 0.29) is 17.6 Å². The van der Waals surface area contributed by atoms with Gasteiger partial charge in [0, 0.05) is 35.9 Å². The van der Waals surface area contributed by atoms with Crippen LogP contribution in [0.15, 0.2) is 36.5 Å². The summed E-state index contributed by atoms with van der Waals surface area (Å²) in [6.07, 6.45) is 2.70. The lowest BCUT2D eigenvalue weighted by Crippen LogP contribution is -2.21. The summed E-state index contributed by atoms with van der Waals surface area (Å²) in [5, 5.41) is 0. The average molecular weight is 463 g/mol. The van der Waals surface area contributed by atoms with Crippen molar-refractivity contribution in [2.24, 2.45) is 0 Å². The van der Waals surface area contributed by atoms with Crippen LogP contribution >= 0.6 is 0 Å². The maximum Gasteiger partial charge on any atom is 0.218 e.